The predicted molar refractivity (Wildman–Crippen MR) is 100 cm³/mol. The van der Waals surface area contributed by atoms with Gasteiger partial charge in [-0.25, -0.2) is 9.67 Å². The maximum Gasteiger partial charge on any atom is 0.294 e. The number of thiazole rings is 1. The van der Waals surface area contributed by atoms with Crippen molar-refractivity contribution in [3.05, 3.63) is 21.1 Å². The maximum absolute atomic E-state index is 12.7. The van der Waals surface area contributed by atoms with E-state index in [-0.39, 0.29) is 30.0 Å². The third-order valence-electron chi connectivity index (χ3n) is 4.69. The molecule has 6 nitrogen and oxygen atoms in total. The lowest BCUT2D eigenvalue weighted by Crippen LogP contribution is -2.39. The first-order valence-corrected chi connectivity index (χ1v) is 9.95. The van der Waals surface area contributed by atoms with Crippen molar-refractivity contribution in [2.45, 2.75) is 77.8 Å². The standard InChI is InChI=1S/C18H26N4O2S/c1-11(2)17-20-15-16(25-17)12(3)21-22(18(15)24)10-14(23)19-13-8-6-4-5-7-9-13/h11,13H,4-10H2,1-3H3,(H,19,23). The summed E-state index contributed by atoms with van der Waals surface area (Å²) in [7, 11) is 0. The number of rotatable bonds is 4. The van der Waals surface area contributed by atoms with E-state index in [4.69, 9.17) is 0 Å². The minimum Gasteiger partial charge on any atom is -0.352 e. The highest BCUT2D eigenvalue weighted by Gasteiger charge is 2.19. The quantitative estimate of drug-likeness (QED) is 0.848. The Morgan fingerprint density at radius 1 is 1.28 bits per heavy atom. The Balaban J connectivity index is 1.79. The molecule has 25 heavy (non-hydrogen) atoms. The van der Waals surface area contributed by atoms with Gasteiger partial charge < -0.3 is 5.32 Å². The van der Waals surface area contributed by atoms with Crippen molar-refractivity contribution < 1.29 is 4.79 Å². The SMILES string of the molecule is Cc1nn(CC(=O)NC2CCCCCC2)c(=O)c2nc(C(C)C)sc12. The molecule has 0 saturated heterocycles. The summed E-state index contributed by atoms with van der Waals surface area (Å²) in [6, 6.07) is 0.224. The predicted octanol–water partition coefficient (Wildman–Crippen LogP) is 3.12. The van der Waals surface area contributed by atoms with Crippen molar-refractivity contribution in [2.24, 2.45) is 0 Å². The van der Waals surface area contributed by atoms with Crippen LogP contribution in [0.3, 0.4) is 0 Å². The van der Waals surface area contributed by atoms with E-state index in [1.807, 2.05) is 6.92 Å². The lowest BCUT2D eigenvalue weighted by atomic mass is 10.1. The van der Waals surface area contributed by atoms with E-state index in [0.29, 0.717) is 5.52 Å². The van der Waals surface area contributed by atoms with Crippen LogP contribution in [-0.4, -0.2) is 26.7 Å². The summed E-state index contributed by atoms with van der Waals surface area (Å²) in [5.41, 5.74) is 0.907. The van der Waals surface area contributed by atoms with Gasteiger partial charge in [0.1, 0.15) is 6.54 Å². The van der Waals surface area contributed by atoms with Gasteiger partial charge in [-0.1, -0.05) is 39.5 Å². The molecule has 1 amide bonds. The van der Waals surface area contributed by atoms with Crippen molar-refractivity contribution in [3.8, 4) is 0 Å². The molecule has 1 saturated carbocycles. The van der Waals surface area contributed by atoms with E-state index in [1.165, 1.54) is 28.9 Å². The number of amides is 1. The molecule has 0 atom stereocenters. The Morgan fingerprint density at radius 2 is 1.96 bits per heavy atom. The highest BCUT2D eigenvalue weighted by molar-refractivity contribution is 7.18. The summed E-state index contributed by atoms with van der Waals surface area (Å²) in [5.74, 6) is 0.128. The zero-order valence-electron chi connectivity index (χ0n) is 15.2. The molecule has 0 aliphatic heterocycles. The van der Waals surface area contributed by atoms with Crippen LogP contribution in [0.15, 0.2) is 4.79 Å². The van der Waals surface area contributed by atoms with Gasteiger partial charge in [0.2, 0.25) is 5.91 Å². The molecule has 1 aliphatic carbocycles. The van der Waals surface area contributed by atoms with Gasteiger partial charge in [-0.3, -0.25) is 9.59 Å². The summed E-state index contributed by atoms with van der Waals surface area (Å²) in [6.45, 7) is 5.93. The minimum atomic E-state index is -0.278. The van der Waals surface area contributed by atoms with Gasteiger partial charge in [-0.05, 0) is 19.8 Å². The summed E-state index contributed by atoms with van der Waals surface area (Å²) >= 11 is 1.52. The lowest BCUT2D eigenvalue weighted by Gasteiger charge is -2.16. The number of aryl methyl sites for hydroxylation is 1. The zero-order valence-corrected chi connectivity index (χ0v) is 16.0. The molecule has 0 unspecified atom stereocenters. The molecule has 1 N–H and O–H groups in total. The maximum atomic E-state index is 12.7. The van der Waals surface area contributed by atoms with Gasteiger partial charge in [0.25, 0.3) is 5.56 Å². The number of fused-ring (bicyclic) bond motifs is 1. The molecule has 136 valence electrons. The minimum absolute atomic E-state index is 0.0410. The van der Waals surface area contributed by atoms with E-state index < -0.39 is 0 Å². The highest BCUT2D eigenvalue weighted by Crippen LogP contribution is 2.26. The van der Waals surface area contributed by atoms with Crippen LogP contribution < -0.4 is 10.9 Å². The Hall–Kier alpha value is -1.76. The number of hydrogen-bond acceptors (Lipinski definition) is 5. The second-order valence-corrected chi connectivity index (χ2v) is 8.22. The van der Waals surface area contributed by atoms with Crippen molar-refractivity contribution in [2.75, 3.05) is 0 Å². The summed E-state index contributed by atoms with van der Waals surface area (Å²) in [4.78, 5) is 29.5. The van der Waals surface area contributed by atoms with Gasteiger partial charge in [-0.2, -0.15) is 5.10 Å². The van der Waals surface area contributed by atoms with E-state index in [0.717, 1.165) is 41.1 Å². The molecular weight excluding hydrogens is 336 g/mol. The largest absolute Gasteiger partial charge is 0.352 e. The molecule has 7 heteroatoms. The normalized spacial score (nSPS) is 16.3. The molecule has 0 bridgehead atoms. The summed E-state index contributed by atoms with van der Waals surface area (Å²) in [6.07, 6.45) is 6.85. The van der Waals surface area contributed by atoms with Crippen LogP contribution in [0.2, 0.25) is 0 Å². The van der Waals surface area contributed by atoms with Crippen LogP contribution in [0.4, 0.5) is 0 Å². The van der Waals surface area contributed by atoms with Gasteiger partial charge in [0.05, 0.1) is 15.4 Å². The molecule has 2 aromatic rings. The second-order valence-electron chi connectivity index (χ2n) is 7.19. The van der Waals surface area contributed by atoms with Crippen molar-refractivity contribution >= 4 is 27.5 Å². The van der Waals surface area contributed by atoms with Crippen molar-refractivity contribution in [1.82, 2.24) is 20.1 Å². The number of aromatic nitrogens is 3. The first-order valence-electron chi connectivity index (χ1n) is 9.13. The third kappa shape index (κ3) is 4.08. The smallest absolute Gasteiger partial charge is 0.294 e. The Kier molecular flexibility index (Phi) is 5.51. The molecular formula is C18H26N4O2S. The van der Waals surface area contributed by atoms with Crippen LogP contribution >= 0.6 is 11.3 Å². The Labute approximate surface area is 151 Å². The Bertz CT molecular complexity index is 816. The average Bonchev–Trinajstić information content (AvgIpc) is 2.87. The molecule has 2 heterocycles. The number of carbonyl (C=O) groups is 1. The number of hydrogen-bond donors (Lipinski definition) is 1. The van der Waals surface area contributed by atoms with Crippen LogP contribution in [0, 0.1) is 6.92 Å². The van der Waals surface area contributed by atoms with Crippen LogP contribution in [0.5, 0.6) is 0 Å². The van der Waals surface area contributed by atoms with Gasteiger partial charge in [0, 0.05) is 12.0 Å². The Morgan fingerprint density at radius 3 is 2.60 bits per heavy atom. The van der Waals surface area contributed by atoms with Gasteiger partial charge in [-0.15, -0.1) is 11.3 Å². The van der Waals surface area contributed by atoms with Gasteiger partial charge >= 0.3 is 0 Å². The fourth-order valence-corrected chi connectivity index (χ4v) is 4.31. The highest BCUT2D eigenvalue weighted by atomic mass is 32.1. The summed E-state index contributed by atoms with van der Waals surface area (Å²) in [5, 5.41) is 8.34. The molecule has 3 rings (SSSR count). The average molecular weight is 362 g/mol. The third-order valence-corrected chi connectivity index (χ3v) is 6.15. The van der Waals surface area contributed by atoms with Crippen LogP contribution in [0.25, 0.3) is 10.2 Å². The zero-order chi connectivity index (χ0) is 18.0. The molecule has 2 aromatic heterocycles. The first kappa shape index (κ1) is 18.0. The summed E-state index contributed by atoms with van der Waals surface area (Å²) < 4.78 is 2.09. The topological polar surface area (TPSA) is 76.9 Å². The van der Waals surface area contributed by atoms with E-state index in [9.17, 15) is 9.59 Å². The van der Waals surface area contributed by atoms with E-state index >= 15 is 0 Å². The van der Waals surface area contributed by atoms with E-state index in [1.54, 1.807) is 0 Å². The van der Waals surface area contributed by atoms with Crippen molar-refractivity contribution in [3.63, 3.8) is 0 Å². The van der Waals surface area contributed by atoms with Gasteiger partial charge in [0.15, 0.2) is 5.52 Å². The molecule has 1 fully saturated rings. The lowest BCUT2D eigenvalue weighted by molar-refractivity contribution is -0.122. The van der Waals surface area contributed by atoms with Crippen LogP contribution in [0.1, 0.15) is 69.0 Å². The second kappa shape index (κ2) is 7.64. The number of carbonyl (C=O) groups excluding carboxylic acids is 1. The fraction of sp³-hybridized carbons (Fsp3) is 0.667. The molecule has 0 radical (unpaired) electrons. The molecule has 0 aromatic carbocycles. The number of nitrogens with zero attached hydrogens (tertiary/aromatic N) is 3. The molecule has 1 aliphatic rings. The van der Waals surface area contributed by atoms with Crippen molar-refractivity contribution in [1.29, 1.82) is 0 Å². The molecule has 0 spiro atoms. The number of nitrogens with one attached hydrogen (secondary N) is 1. The van der Waals surface area contributed by atoms with E-state index in [2.05, 4.69) is 29.2 Å². The fourth-order valence-electron chi connectivity index (χ4n) is 3.31. The first-order chi connectivity index (χ1) is 12.0. The van der Waals surface area contributed by atoms with Crippen LogP contribution in [-0.2, 0) is 11.3 Å². The monoisotopic (exact) mass is 362 g/mol.